The Balaban J connectivity index is 3.58. The Bertz CT molecular complexity index is 244. The molecule has 0 aromatic heterocycles. The van der Waals surface area contributed by atoms with Crippen LogP contribution in [-0.2, 0) is 9.59 Å². The van der Waals surface area contributed by atoms with Crippen LogP contribution in [0.1, 0.15) is 51.9 Å². The van der Waals surface area contributed by atoms with Crippen molar-refractivity contribution in [3.8, 4) is 0 Å². The van der Waals surface area contributed by atoms with E-state index in [1.165, 1.54) is 0 Å². The highest BCUT2D eigenvalue weighted by molar-refractivity contribution is 5.75. The zero-order valence-corrected chi connectivity index (χ0v) is 11.3. The summed E-state index contributed by atoms with van der Waals surface area (Å²) in [5.41, 5.74) is 5.38. The molecular weight excluding hydrogens is 232 g/mol. The molecular formula is C13H26N2O3. The minimum absolute atomic E-state index is 0.0200. The summed E-state index contributed by atoms with van der Waals surface area (Å²) in [6.07, 6.45) is 5.39. The smallest absolute Gasteiger partial charge is 0.303 e. The number of nitrogens with one attached hydrogen (secondary N) is 1. The minimum atomic E-state index is -0.808. The van der Waals surface area contributed by atoms with Crippen molar-refractivity contribution in [3.05, 3.63) is 0 Å². The standard InChI is InChI=1S/C13H26N2O3/c1-2-11(9-13(17)18)10-15-12(16)7-5-3-4-6-8-14/h11H,2-10,14H2,1H3,(H,15,16)(H,17,18). The van der Waals surface area contributed by atoms with Crippen LogP contribution in [0.15, 0.2) is 0 Å². The number of unbranched alkanes of at least 4 members (excludes halogenated alkanes) is 3. The number of hydrogen-bond acceptors (Lipinski definition) is 3. The zero-order chi connectivity index (χ0) is 13.8. The number of amides is 1. The molecule has 1 amide bonds. The Morgan fingerprint density at radius 2 is 1.89 bits per heavy atom. The summed E-state index contributed by atoms with van der Waals surface area (Å²) in [7, 11) is 0. The molecule has 0 radical (unpaired) electrons. The maximum atomic E-state index is 11.5. The topological polar surface area (TPSA) is 92.4 Å². The lowest BCUT2D eigenvalue weighted by Gasteiger charge is -2.13. The molecule has 106 valence electrons. The number of aliphatic carboxylic acids is 1. The number of carbonyl (C=O) groups is 2. The van der Waals surface area contributed by atoms with Crippen molar-refractivity contribution in [1.82, 2.24) is 5.32 Å². The summed E-state index contributed by atoms with van der Waals surface area (Å²) in [6.45, 7) is 3.11. The van der Waals surface area contributed by atoms with Gasteiger partial charge in [-0.25, -0.2) is 0 Å². The molecule has 1 atom stereocenters. The van der Waals surface area contributed by atoms with E-state index in [0.717, 1.165) is 32.1 Å². The first-order valence-corrected chi connectivity index (χ1v) is 6.78. The number of rotatable bonds is 11. The van der Waals surface area contributed by atoms with Gasteiger partial charge in [0.25, 0.3) is 0 Å². The SMILES string of the molecule is CCC(CNC(=O)CCCCCCN)CC(=O)O. The Labute approximate surface area is 109 Å². The van der Waals surface area contributed by atoms with Gasteiger partial charge in [-0.2, -0.15) is 0 Å². The molecule has 1 unspecified atom stereocenters. The average Bonchev–Trinajstić information content (AvgIpc) is 2.33. The van der Waals surface area contributed by atoms with E-state index in [1.54, 1.807) is 0 Å². The predicted molar refractivity (Wildman–Crippen MR) is 71.2 cm³/mol. The van der Waals surface area contributed by atoms with Crippen molar-refractivity contribution >= 4 is 11.9 Å². The van der Waals surface area contributed by atoms with Gasteiger partial charge < -0.3 is 16.2 Å². The van der Waals surface area contributed by atoms with Crippen LogP contribution < -0.4 is 11.1 Å². The molecule has 0 saturated carbocycles. The first-order chi connectivity index (χ1) is 8.60. The quantitative estimate of drug-likeness (QED) is 0.490. The van der Waals surface area contributed by atoms with Crippen molar-refractivity contribution in [2.75, 3.05) is 13.1 Å². The Kier molecular flexibility index (Phi) is 10.3. The van der Waals surface area contributed by atoms with E-state index >= 15 is 0 Å². The Morgan fingerprint density at radius 3 is 2.44 bits per heavy atom. The number of nitrogens with two attached hydrogens (primary N) is 1. The van der Waals surface area contributed by atoms with Gasteiger partial charge in [0, 0.05) is 19.4 Å². The van der Waals surface area contributed by atoms with E-state index in [0.29, 0.717) is 19.5 Å². The third-order valence-electron chi connectivity index (χ3n) is 2.99. The van der Waals surface area contributed by atoms with Gasteiger partial charge in [-0.1, -0.05) is 26.2 Å². The molecule has 5 heteroatoms. The third-order valence-corrected chi connectivity index (χ3v) is 2.99. The van der Waals surface area contributed by atoms with E-state index in [-0.39, 0.29) is 18.2 Å². The fourth-order valence-corrected chi connectivity index (χ4v) is 1.74. The summed E-state index contributed by atoms with van der Waals surface area (Å²) in [4.78, 5) is 22.1. The van der Waals surface area contributed by atoms with Crippen molar-refractivity contribution in [1.29, 1.82) is 0 Å². The number of carboxylic acids is 1. The lowest BCUT2D eigenvalue weighted by atomic mass is 10.0. The number of carboxylic acid groups (broad SMARTS) is 1. The highest BCUT2D eigenvalue weighted by Crippen LogP contribution is 2.07. The number of hydrogen-bond donors (Lipinski definition) is 3. The van der Waals surface area contributed by atoms with Gasteiger partial charge in [0.2, 0.25) is 5.91 Å². The monoisotopic (exact) mass is 258 g/mol. The van der Waals surface area contributed by atoms with Gasteiger partial charge >= 0.3 is 5.97 Å². The number of carbonyl (C=O) groups excluding carboxylic acids is 1. The van der Waals surface area contributed by atoms with Gasteiger partial charge in [0.05, 0.1) is 0 Å². The first-order valence-electron chi connectivity index (χ1n) is 6.78. The predicted octanol–water partition coefficient (Wildman–Crippen LogP) is 1.51. The summed E-state index contributed by atoms with van der Waals surface area (Å²) in [5.74, 6) is -0.756. The molecule has 0 heterocycles. The second kappa shape index (κ2) is 11.0. The fraction of sp³-hybridized carbons (Fsp3) is 0.846. The summed E-state index contributed by atoms with van der Waals surface area (Å²) in [6, 6.07) is 0. The van der Waals surface area contributed by atoms with E-state index in [2.05, 4.69) is 5.32 Å². The molecule has 0 aliphatic carbocycles. The summed E-state index contributed by atoms with van der Waals surface area (Å²) in [5, 5.41) is 11.5. The molecule has 0 spiro atoms. The molecule has 0 aromatic carbocycles. The maximum Gasteiger partial charge on any atom is 0.303 e. The molecule has 0 aromatic rings. The van der Waals surface area contributed by atoms with Gasteiger partial charge in [0.1, 0.15) is 0 Å². The Morgan fingerprint density at radius 1 is 1.22 bits per heavy atom. The molecule has 0 bridgehead atoms. The van der Waals surface area contributed by atoms with Crippen LogP contribution in [0.3, 0.4) is 0 Å². The largest absolute Gasteiger partial charge is 0.481 e. The molecule has 18 heavy (non-hydrogen) atoms. The summed E-state index contributed by atoms with van der Waals surface area (Å²) < 4.78 is 0. The molecule has 4 N–H and O–H groups in total. The molecule has 5 nitrogen and oxygen atoms in total. The maximum absolute atomic E-state index is 11.5. The molecule has 0 aliphatic rings. The lowest BCUT2D eigenvalue weighted by molar-refractivity contribution is -0.138. The second-order valence-electron chi connectivity index (χ2n) is 4.63. The second-order valence-corrected chi connectivity index (χ2v) is 4.63. The van der Waals surface area contributed by atoms with Gasteiger partial charge in [0.15, 0.2) is 0 Å². The van der Waals surface area contributed by atoms with Crippen molar-refractivity contribution in [2.45, 2.75) is 51.9 Å². The van der Waals surface area contributed by atoms with Crippen LogP contribution in [0.5, 0.6) is 0 Å². The molecule has 0 fully saturated rings. The van der Waals surface area contributed by atoms with Crippen LogP contribution in [0, 0.1) is 5.92 Å². The van der Waals surface area contributed by atoms with E-state index < -0.39 is 5.97 Å². The van der Waals surface area contributed by atoms with E-state index in [4.69, 9.17) is 10.8 Å². The van der Waals surface area contributed by atoms with E-state index in [9.17, 15) is 9.59 Å². The average molecular weight is 258 g/mol. The van der Waals surface area contributed by atoms with Gasteiger partial charge in [-0.3, -0.25) is 9.59 Å². The summed E-state index contributed by atoms with van der Waals surface area (Å²) >= 11 is 0. The molecule has 0 aliphatic heterocycles. The van der Waals surface area contributed by atoms with Crippen LogP contribution in [0.25, 0.3) is 0 Å². The van der Waals surface area contributed by atoms with Gasteiger partial charge in [-0.05, 0) is 25.3 Å². The normalized spacial score (nSPS) is 12.1. The van der Waals surface area contributed by atoms with E-state index in [1.807, 2.05) is 6.92 Å². The van der Waals surface area contributed by atoms with Gasteiger partial charge in [-0.15, -0.1) is 0 Å². The van der Waals surface area contributed by atoms with Crippen molar-refractivity contribution in [2.24, 2.45) is 11.7 Å². The highest BCUT2D eigenvalue weighted by Gasteiger charge is 2.12. The van der Waals surface area contributed by atoms with Crippen LogP contribution >= 0.6 is 0 Å². The molecule has 0 rings (SSSR count). The van der Waals surface area contributed by atoms with Crippen molar-refractivity contribution < 1.29 is 14.7 Å². The Hall–Kier alpha value is -1.10. The van der Waals surface area contributed by atoms with Crippen LogP contribution in [0.4, 0.5) is 0 Å². The minimum Gasteiger partial charge on any atom is -0.481 e. The molecule has 0 saturated heterocycles. The first kappa shape index (κ1) is 16.9. The third kappa shape index (κ3) is 10.1. The van der Waals surface area contributed by atoms with Crippen LogP contribution in [0.2, 0.25) is 0 Å². The van der Waals surface area contributed by atoms with Crippen molar-refractivity contribution in [3.63, 3.8) is 0 Å². The highest BCUT2D eigenvalue weighted by atomic mass is 16.4. The van der Waals surface area contributed by atoms with Crippen LogP contribution in [-0.4, -0.2) is 30.1 Å². The zero-order valence-electron chi connectivity index (χ0n) is 11.3. The fourth-order valence-electron chi connectivity index (χ4n) is 1.74. The lowest BCUT2D eigenvalue weighted by Crippen LogP contribution is -2.29.